The van der Waals surface area contributed by atoms with Gasteiger partial charge in [0.2, 0.25) is 5.76 Å². The van der Waals surface area contributed by atoms with Crippen LogP contribution in [0.5, 0.6) is 0 Å². The van der Waals surface area contributed by atoms with Gasteiger partial charge in [0, 0.05) is 7.05 Å². The van der Waals surface area contributed by atoms with E-state index in [9.17, 15) is 9.59 Å². The van der Waals surface area contributed by atoms with Crippen LogP contribution in [0.15, 0.2) is 10.8 Å². The Bertz CT molecular complexity index is 318. The van der Waals surface area contributed by atoms with Crippen molar-refractivity contribution in [2.45, 2.75) is 0 Å². The minimum absolute atomic E-state index is 0.158. The van der Waals surface area contributed by atoms with Gasteiger partial charge in [0.25, 0.3) is 11.8 Å². The zero-order chi connectivity index (χ0) is 9.14. The van der Waals surface area contributed by atoms with Crippen molar-refractivity contribution in [3.8, 4) is 0 Å². The van der Waals surface area contributed by atoms with Crippen LogP contribution in [0.1, 0.15) is 21.0 Å². The number of rotatable bonds is 2. The quantitative estimate of drug-likeness (QED) is 0.601. The molecule has 0 unspecified atom stereocenters. The molecule has 1 aromatic heterocycles. The number of primary amides is 1. The van der Waals surface area contributed by atoms with E-state index in [1.807, 2.05) is 0 Å². The molecule has 3 N–H and O–H groups in total. The summed E-state index contributed by atoms with van der Waals surface area (Å²) in [5.41, 5.74) is 4.75. The smallest absolute Gasteiger partial charge is 0.289 e. The van der Waals surface area contributed by atoms with Crippen molar-refractivity contribution in [2.24, 2.45) is 5.73 Å². The number of carbonyl (C=O) groups is 2. The van der Waals surface area contributed by atoms with Crippen LogP contribution in [0.4, 0.5) is 0 Å². The Morgan fingerprint density at radius 1 is 1.67 bits per heavy atom. The Morgan fingerprint density at radius 2 is 2.33 bits per heavy atom. The lowest BCUT2D eigenvalue weighted by molar-refractivity contribution is 0.0917. The van der Waals surface area contributed by atoms with Crippen molar-refractivity contribution in [1.82, 2.24) is 10.3 Å². The molecule has 0 aromatic carbocycles. The minimum atomic E-state index is -0.789. The lowest BCUT2D eigenvalue weighted by Crippen LogP contribution is -2.22. The Morgan fingerprint density at radius 3 is 2.83 bits per heavy atom. The fraction of sp³-hybridized carbons (Fsp3) is 0.167. The van der Waals surface area contributed by atoms with Gasteiger partial charge in [-0.15, -0.1) is 0 Å². The molecular formula is C6H7N3O3. The highest BCUT2D eigenvalue weighted by Crippen LogP contribution is 2.04. The van der Waals surface area contributed by atoms with Gasteiger partial charge in [-0.1, -0.05) is 0 Å². The van der Waals surface area contributed by atoms with Crippen molar-refractivity contribution >= 4 is 11.8 Å². The second-order valence-corrected chi connectivity index (χ2v) is 1.97. The standard InChI is InChI=1S/C6H7N3O3/c1-8-6(11)4-3(5(7)10)9-2-12-4/h2H,1H3,(H2,7,10)(H,8,11). The van der Waals surface area contributed by atoms with Gasteiger partial charge in [-0.3, -0.25) is 9.59 Å². The highest BCUT2D eigenvalue weighted by molar-refractivity contribution is 6.03. The number of oxazole rings is 1. The van der Waals surface area contributed by atoms with E-state index in [2.05, 4.69) is 14.7 Å². The van der Waals surface area contributed by atoms with Crippen molar-refractivity contribution < 1.29 is 14.0 Å². The fourth-order valence-electron chi connectivity index (χ4n) is 0.696. The maximum absolute atomic E-state index is 10.9. The molecule has 12 heavy (non-hydrogen) atoms. The van der Waals surface area contributed by atoms with Crippen LogP contribution in [0.3, 0.4) is 0 Å². The number of hydrogen-bond donors (Lipinski definition) is 2. The van der Waals surface area contributed by atoms with E-state index in [0.717, 1.165) is 6.39 Å². The molecule has 6 nitrogen and oxygen atoms in total. The van der Waals surface area contributed by atoms with E-state index < -0.39 is 11.8 Å². The molecule has 1 heterocycles. The molecule has 0 saturated carbocycles. The third-order valence-corrected chi connectivity index (χ3v) is 1.23. The molecule has 2 amide bonds. The van der Waals surface area contributed by atoms with Gasteiger partial charge in [-0.25, -0.2) is 4.98 Å². The summed E-state index contributed by atoms with van der Waals surface area (Å²) in [7, 11) is 1.41. The summed E-state index contributed by atoms with van der Waals surface area (Å²) in [6.07, 6.45) is 0.991. The molecule has 0 radical (unpaired) electrons. The zero-order valence-electron chi connectivity index (χ0n) is 6.33. The highest BCUT2D eigenvalue weighted by Gasteiger charge is 2.19. The summed E-state index contributed by atoms with van der Waals surface area (Å²) in [5.74, 6) is -1.48. The largest absolute Gasteiger partial charge is 0.437 e. The van der Waals surface area contributed by atoms with Gasteiger partial charge in [-0.05, 0) is 0 Å². The molecule has 0 spiro atoms. The first kappa shape index (κ1) is 8.25. The van der Waals surface area contributed by atoms with E-state index in [1.165, 1.54) is 7.05 Å². The van der Waals surface area contributed by atoms with E-state index in [1.54, 1.807) is 0 Å². The Labute approximate surface area is 67.8 Å². The molecule has 0 atom stereocenters. The predicted molar refractivity (Wildman–Crippen MR) is 38.4 cm³/mol. The van der Waals surface area contributed by atoms with Gasteiger partial charge in [0.05, 0.1) is 0 Å². The van der Waals surface area contributed by atoms with Crippen molar-refractivity contribution in [1.29, 1.82) is 0 Å². The van der Waals surface area contributed by atoms with Gasteiger partial charge < -0.3 is 15.5 Å². The third-order valence-electron chi connectivity index (χ3n) is 1.23. The number of aromatic nitrogens is 1. The van der Waals surface area contributed by atoms with Gasteiger partial charge >= 0.3 is 0 Å². The van der Waals surface area contributed by atoms with Crippen molar-refractivity contribution in [3.63, 3.8) is 0 Å². The van der Waals surface area contributed by atoms with Gasteiger partial charge in [0.15, 0.2) is 12.1 Å². The number of nitrogens with one attached hydrogen (secondary N) is 1. The SMILES string of the molecule is CNC(=O)c1ocnc1C(N)=O. The monoisotopic (exact) mass is 169 g/mol. The Hall–Kier alpha value is -1.85. The second kappa shape index (κ2) is 3.04. The van der Waals surface area contributed by atoms with Crippen LogP contribution < -0.4 is 11.1 Å². The van der Waals surface area contributed by atoms with Crippen LogP contribution in [0.2, 0.25) is 0 Å². The summed E-state index contributed by atoms with van der Waals surface area (Å²) in [4.78, 5) is 25.1. The fourth-order valence-corrected chi connectivity index (χ4v) is 0.696. The maximum atomic E-state index is 10.9. The van der Waals surface area contributed by atoms with Crippen LogP contribution >= 0.6 is 0 Å². The van der Waals surface area contributed by atoms with E-state index in [-0.39, 0.29) is 11.5 Å². The van der Waals surface area contributed by atoms with Crippen LogP contribution in [-0.4, -0.2) is 23.8 Å². The van der Waals surface area contributed by atoms with Gasteiger partial charge in [-0.2, -0.15) is 0 Å². The summed E-state index contributed by atoms with van der Waals surface area (Å²) >= 11 is 0. The lowest BCUT2D eigenvalue weighted by Gasteiger charge is -1.94. The summed E-state index contributed by atoms with van der Waals surface area (Å²) in [6.45, 7) is 0. The lowest BCUT2D eigenvalue weighted by atomic mass is 10.3. The minimum Gasteiger partial charge on any atom is -0.437 e. The Kier molecular flexibility index (Phi) is 2.09. The van der Waals surface area contributed by atoms with Crippen LogP contribution in [0.25, 0.3) is 0 Å². The molecule has 6 heteroatoms. The molecule has 0 aliphatic rings. The number of hydrogen-bond acceptors (Lipinski definition) is 4. The van der Waals surface area contributed by atoms with Crippen molar-refractivity contribution in [2.75, 3.05) is 7.05 Å². The number of nitrogens with zero attached hydrogens (tertiary/aromatic N) is 1. The second-order valence-electron chi connectivity index (χ2n) is 1.97. The molecule has 0 saturated heterocycles. The molecule has 64 valence electrons. The third kappa shape index (κ3) is 1.26. The average molecular weight is 169 g/mol. The molecule has 1 rings (SSSR count). The molecular weight excluding hydrogens is 162 g/mol. The first-order valence-corrected chi connectivity index (χ1v) is 3.12. The molecule has 0 bridgehead atoms. The zero-order valence-corrected chi connectivity index (χ0v) is 6.33. The molecule has 0 aliphatic carbocycles. The maximum Gasteiger partial charge on any atom is 0.289 e. The van der Waals surface area contributed by atoms with Crippen molar-refractivity contribution in [3.05, 3.63) is 17.8 Å². The van der Waals surface area contributed by atoms with Crippen LogP contribution in [0, 0.1) is 0 Å². The number of nitrogens with two attached hydrogens (primary N) is 1. The molecule has 1 aromatic rings. The summed E-state index contributed by atoms with van der Waals surface area (Å²) < 4.78 is 4.65. The van der Waals surface area contributed by atoms with E-state index >= 15 is 0 Å². The molecule has 0 aliphatic heterocycles. The van der Waals surface area contributed by atoms with E-state index in [0.29, 0.717) is 0 Å². The van der Waals surface area contributed by atoms with Gasteiger partial charge in [0.1, 0.15) is 0 Å². The normalized spacial score (nSPS) is 9.42. The predicted octanol–water partition coefficient (Wildman–Crippen LogP) is -0.867. The Balaban J connectivity index is 3.07. The summed E-state index contributed by atoms with van der Waals surface area (Å²) in [5, 5.41) is 2.28. The average Bonchev–Trinajstić information content (AvgIpc) is 2.50. The first-order valence-electron chi connectivity index (χ1n) is 3.12. The highest BCUT2D eigenvalue weighted by atomic mass is 16.3. The van der Waals surface area contributed by atoms with Crippen LogP contribution in [-0.2, 0) is 0 Å². The number of amides is 2. The first-order chi connectivity index (χ1) is 5.66. The topological polar surface area (TPSA) is 98.2 Å². The summed E-state index contributed by atoms with van der Waals surface area (Å²) in [6, 6.07) is 0. The number of carbonyl (C=O) groups excluding carboxylic acids is 2. The molecule has 0 fully saturated rings. The van der Waals surface area contributed by atoms with E-state index in [4.69, 9.17) is 5.73 Å².